The molecule has 0 saturated carbocycles. The monoisotopic (exact) mass is 403 g/mol. The first kappa shape index (κ1) is 20.6. The average molecular weight is 403 g/mol. The van der Waals surface area contributed by atoms with Crippen molar-refractivity contribution >= 4 is 23.4 Å². The fourth-order valence-corrected chi connectivity index (χ4v) is 2.69. The Balaban J connectivity index is 1.66. The van der Waals surface area contributed by atoms with Crippen LogP contribution in [-0.2, 0) is 0 Å². The summed E-state index contributed by atoms with van der Waals surface area (Å²) < 4.78 is 5.70. The molecule has 0 aliphatic carbocycles. The Kier molecular flexibility index (Phi) is 6.12. The molecule has 3 aromatic rings. The maximum absolute atomic E-state index is 12.5. The van der Waals surface area contributed by atoms with E-state index >= 15 is 0 Å². The third-order valence-corrected chi connectivity index (χ3v) is 4.26. The van der Waals surface area contributed by atoms with E-state index in [0.717, 1.165) is 0 Å². The number of hydrogen-bond donors (Lipinski definition) is 2. The summed E-state index contributed by atoms with van der Waals surface area (Å²) in [5.41, 5.74) is 7.07. The standard InChI is InChI=1S/C23H21N3O4/c1-26(2)23(29)17-4-3-5-18(14-17)25-22(28)16-8-12-20(13-9-16)30-19-10-6-15(7-11-19)21(24)27/h3-14H,1-2H3,(H2,24,27)(H,25,28). The molecule has 0 radical (unpaired) electrons. The third-order valence-electron chi connectivity index (χ3n) is 4.26. The van der Waals surface area contributed by atoms with Crippen LogP contribution in [0.3, 0.4) is 0 Å². The summed E-state index contributed by atoms with van der Waals surface area (Å²) in [5, 5.41) is 2.78. The molecule has 0 heterocycles. The number of ether oxygens (including phenoxy) is 1. The minimum Gasteiger partial charge on any atom is -0.457 e. The van der Waals surface area contributed by atoms with E-state index in [4.69, 9.17) is 10.5 Å². The van der Waals surface area contributed by atoms with Crippen molar-refractivity contribution in [2.24, 2.45) is 5.73 Å². The molecule has 7 nitrogen and oxygen atoms in total. The number of amides is 3. The highest BCUT2D eigenvalue weighted by Gasteiger charge is 2.11. The summed E-state index contributed by atoms with van der Waals surface area (Å²) in [4.78, 5) is 37.2. The molecule has 0 spiro atoms. The van der Waals surface area contributed by atoms with Crippen LogP contribution in [0.2, 0.25) is 0 Å². The number of nitrogens with one attached hydrogen (secondary N) is 1. The Morgan fingerprint density at radius 3 is 1.90 bits per heavy atom. The molecule has 0 unspecified atom stereocenters. The van der Waals surface area contributed by atoms with Crippen molar-refractivity contribution in [3.63, 3.8) is 0 Å². The van der Waals surface area contributed by atoms with Gasteiger partial charge in [0, 0.05) is 36.5 Å². The molecule has 3 rings (SSSR count). The molecule has 3 N–H and O–H groups in total. The number of carbonyl (C=O) groups excluding carboxylic acids is 3. The van der Waals surface area contributed by atoms with Gasteiger partial charge in [0.15, 0.2) is 0 Å². The van der Waals surface area contributed by atoms with Gasteiger partial charge in [0.25, 0.3) is 11.8 Å². The van der Waals surface area contributed by atoms with E-state index in [1.54, 1.807) is 86.9 Å². The van der Waals surface area contributed by atoms with Crippen LogP contribution in [0.4, 0.5) is 5.69 Å². The first-order valence-corrected chi connectivity index (χ1v) is 9.14. The second-order valence-corrected chi connectivity index (χ2v) is 6.75. The highest BCUT2D eigenvalue weighted by Crippen LogP contribution is 2.22. The van der Waals surface area contributed by atoms with Gasteiger partial charge in [-0.2, -0.15) is 0 Å². The lowest BCUT2D eigenvalue weighted by atomic mass is 10.1. The zero-order chi connectivity index (χ0) is 21.7. The molecule has 7 heteroatoms. The van der Waals surface area contributed by atoms with Gasteiger partial charge in [-0.05, 0) is 66.7 Å². The van der Waals surface area contributed by atoms with Crippen LogP contribution in [-0.4, -0.2) is 36.7 Å². The van der Waals surface area contributed by atoms with Crippen LogP contribution in [0.1, 0.15) is 31.1 Å². The Hall–Kier alpha value is -4.13. The third kappa shape index (κ3) is 5.02. The molecular formula is C23H21N3O4. The number of anilines is 1. The van der Waals surface area contributed by atoms with Crippen LogP contribution in [0, 0.1) is 0 Å². The van der Waals surface area contributed by atoms with Gasteiger partial charge in [0.05, 0.1) is 0 Å². The SMILES string of the molecule is CN(C)C(=O)c1cccc(NC(=O)c2ccc(Oc3ccc(C(N)=O)cc3)cc2)c1. The van der Waals surface area contributed by atoms with E-state index in [1.165, 1.54) is 4.90 Å². The number of nitrogens with two attached hydrogens (primary N) is 1. The van der Waals surface area contributed by atoms with Gasteiger partial charge in [-0.3, -0.25) is 14.4 Å². The first-order valence-electron chi connectivity index (χ1n) is 9.14. The molecule has 152 valence electrons. The van der Waals surface area contributed by atoms with Gasteiger partial charge < -0.3 is 20.7 Å². The number of primary amides is 1. The lowest BCUT2D eigenvalue weighted by Crippen LogP contribution is -2.21. The summed E-state index contributed by atoms with van der Waals surface area (Å²) >= 11 is 0. The fraction of sp³-hybridized carbons (Fsp3) is 0.0870. The van der Waals surface area contributed by atoms with Crippen molar-refractivity contribution < 1.29 is 19.1 Å². The Morgan fingerprint density at radius 1 is 0.800 bits per heavy atom. The summed E-state index contributed by atoms with van der Waals surface area (Å²) in [6.07, 6.45) is 0. The fourth-order valence-electron chi connectivity index (χ4n) is 2.69. The van der Waals surface area contributed by atoms with Crippen LogP contribution in [0.15, 0.2) is 72.8 Å². The highest BCUT2D eigenvalue weighted by atomic mass is 16.5. The van der Waals surface area contributed by atoms with Crippen LogP contribution < -0.4 is 15.8 Å². The minimum absolute atomic E-state index is 0.142. The van der Waals surface area contributed by atoms with Gasteiger partial charge in [-0.15, -0.1) is 0 Å². The predicted octanol–water partition coefficient (Wildman–Crippen LogP) is 3.53. The van der Waals surface area contributed by atoms with Crippen LogP contribution >= 0.6 is 0 Å². The molecule has 0 aliphatic rings. The van der Waals surface area contributed by atoms with E-state index in [2.05, 4.69) is 5.32 Å². The normalized spacial score (nSPS) is 10.2. The topological polar surface area (TPSA) is 102 Å². The molecular weight excluding hydrogens is 382 g/mol. The number of nitrogens with zero attached hydrogens (tertiary/aromatic N) is 1. The quantitative estimate of drug-likeness (QED) is 0.657. The van der Waals surface area contributed by atoms with E-state index in [-0.39, 0.29) is 11.8 Å². The van der Waals surface area contributed by atoms with Crippen molar-refractivity contribution in [3.05, 3.63) is 89.5 Å². The van der Waals surface area contributed by atoms with E-state index in [9.17, 15) is 14.4 Å². The maximum atomic E-state index is 12.5. The number of carbonyl (C=O) groups is 3. The van der Waals surface area contributed by atoms with Gasteiger partial charge in [-0.25, -0.2) is 0 Å². The Labute approximate surface area is 174 Å². The van der Waals surface area contributed by atoms with Crippen molar-refractivity contribution in [1.82, 2.24) is 4.90 Å². The molecule has 3 amide bonds. The average Bonchev–Trinajstić information content (AvgIpc) is 2.74. The van der Waals surface area contributed by atoms with Gasteiger partial charge in [0.1, 0.15) is 11.5 Å². The van der Waals surface area contributed by atoms with E-state index < -0.39 is 5.91 Å². The van der Waals surface area contributed by atoms with E-state index in [1.807, 2.05) is 0 Å². The van der Waals surface area contributed by atoms with Crippen LogP contribution in [0.5, 0.6) is 11.5 Å². The second kappa shape index (κ2) is 8.91. The van der Waals surface area contributed by atoms with Crippen molar-refractivity contribution in [2.45, 2.75) is 0 Å². The van der Waals surface area contributed by atoms with Crippen LogP contribution in [0.25, 0.3) is 0 Å². The largest absolute Gasteiger partial charge is 0.457 e. The molecule has 0 aromatic heterocycles. The first-order chi connectivity index (χ1) is 14.3. The second-order valence-electron chi connectivity index (χ2n) is 6.75. The smallest absolute Gasteiger partial charge is 0.255 e. The van der Waals surface area contributed by atoms with E-state index in [0.29, 0.717) is 33.9 Å². The molecule has 0 aliphatic heterocycles. The predicted molar refractivity (Wildman–Crippen MR) is 114 cm³/mol. The molecule has 0 atom stereocenters. The molecule has 30 heavy (non-hydrogen) atoms. The summed E-state index contributed by atoms with van der Waals surface area (Å²) in [7, 11) is 3.34. The summed E-state index contributed by atoms with van der Waals surface area (Å²) in [6.45, 7) is 0. The molecule has 3 aromatic carbocycles. The molecule has 0 fully saturated rings. The lowest BCUT2D eigenvalue weighted by Gasteiger charge is -2.12. The van der Waals surface area contributed by atoms with Crippen molar-refractivity contribution in [2.75, 3.05) is 19.4 Å². The molecule has 0 bridgehead atoms. The lowest BCUT2D eigenvalue weighted by molar-refractivity contribution is 0.0827. The van der Waals surface area contributed by atoms with Gasteiger partial charge >= 0.3 is 0 Å². The van der Waals surface area contributed by atoms with Crippen molar-refractivity contribution in [3.8, 4) is 11.5 Å². The zero-order valence-corrected chi connectivity index (χ0v) is 16.6. The minimum atomic E-state index is -0.506. The van der Waals surface area contributed by atoms with Gasteiger partial charge in [0.2, 0.25) is 5.91 Å². The van der Waals surface area contributed by atoms with Crippen molar-refractivity contribution in [1.29, 1.82) is 0 Å². The Morgan fingerprint density at radius 2 is 1.37 bits per heavy atom. The number of hydrogen-bond acceptors (Lipinski definition) is 4. The summed E-state index contributed by atoms with van der Waals surface area (Å²) in [6, 6.07) is 19.8. The summed E-state index contributed by atoms with van der Waals surface area (Å²) in [5.74, 6) is 0.128. The van der Waals surface area contributed by atoms with Gasteiger partial charge in [-0.1, -0.05) is 6.07 Å². The zero-order valence-electron chi connectivity index (χ0n) is 16.6. The maximum Gasteiger partial charge on any atom is 0.255 e. The number of benzene rings is 3. The number of rotatable bonds is 6. The highest BCUT2D eigenvalue weighted by molar-refractivity contribution is 6.05. The molecule has 0 saturated heterocycles. The Bertz CT molecular complexity index is 1070.